The molecule has 2 aliphatic rings. The van der Waals surface area contributed by atoms with Crippen molar-refractivity contribution in [1.82, 2.24) is 15.2 Å². The zero-order valence-electron chi connectivity index (χ0n) is 9.12. The number of hydrogen-bond donors (Lipinski definition) is 1. The molecule has 0 saturated heterocycles. The number of aromatic amines is 1. The van der Waals surface area contributed by atoms with Gasteiger partial charge in [0.2, 0.25) is 0 Å². The maximum absolute atomic E-state index is 5.58. The summed E-state index contributed by atoms with van der Waals surface area (Å²) in [6.45, 7) is 0. The maximum Gasteiger partial charge on any atom is 0.153 e. The first-order valence-electron chi connectivity index (χ1n) is 5.78. The molecular weight excluding hydrogens is 190 g/mol. The molecule has 4 nitrogen and oxygen atoms in total. The van der Waals surface area contributed by atoms with E-state index >= 15 is 0 Å². The predicted molar refractivity (Wildman–Crippen MR) is 55.7 cm³/mol. The first kappa shape index (κ1) is 9.33. The van der Waals surface area contributed by atoms with Gasteiger partial charge in [0.1, 0.15) is 5.82 Å². The Morgan fingerprint density at radius 2 is 2.27 bits per heavy atom. The summed E-state index contributed by atoms with van der Waals surface area (Å²) >= 11 is 0. The number of nitrogens with one attached hydrogen (secondary N) is 1. The van der Waals surface area contributed by atoms with Crippen LogP contribution in [0.25, 0.3) is 0 Å². The number of H-pyrrole nitrogens is 1. The number of hydrogen-bond acceptors (Lipinski definition) is 3. The third-order valence-corrected chi connectivity index (χ3v) is 3.68. The third kappa shape index (κ3) is 1.67. The van der Waals surface area contributed by atoms with Crippen LogP contribution in [0, 0.1) is 0 Å². The van der Waals surface area contributed by atoms with E-state index in [-0.39, 0.29) is 5.60 Å². The van der Waals surface area contributed by atoms with Gasteiger partial charge in [-0.2, -0.15) is 5.10 Å². The van der Waals surface area contributed by atoms with E-state index in [2.05, 4.69) is 15.2 Å². The van der Waals surface area contributed by atoms with Crippen LogP contribution in [0.15, 0.2) is 0 Å². The van der Waals surface area contributed by atoms with E-state index in [1.165, 1.54) is 19.3 Å². The summed E-state index contributed by atoms with van der Waals surface area (Å²) in [5.41, 5.74) is 0.0559. The van der Waals surface area contributed by atoms with E-state index in [4.69, 9.17) is 4.74 Å². The zero-order chi connectivity index (χ0) is 10.3. The van der Waals surface area contributed by atoms with Crippen LogP contribution < -0.4 is 0 Å². The van der Waals surface area contributed by atoms with Gasteiger partial charge in [0.25, 0.3) is 0 Å². The molecule has 15 heavy (non-hydrogen) atoms. The van der Waals surface area contributed by atoms with Crippen LogP contribution in [-0.4, -0.2) is 27.9 Å². The minimum Gasteiger partial charge on any atom is -0.378 e. The van der Waals surface area contributed by atoms with Gasteiger partial charge < -0.3 is 4.74 Å². The molecule has 0 aromatic carbocycles. The molecule has 0 radical (unpaired) electrons. The summed E-state index contributed by atoms with van der Waals surface area (Å²) in [5, 5.41) is 7.31. The molecule has 82 valence electrons. The minimum absolute atomic E-state index is 0.0559. The summed E-state index contributed by atoms with van der Waals surface area (Å²) in [7, 11) is 1.80. The Morgan fingerprint density at radius 1 is 1.47 bits per heavy atom. The lowest BCUT2D eigenvalue weighted by molar-refractivity contribution is -0.0720. The summed E-state index contributed by atoms with van der Waals surface area (Å²) < 4.78 is 5.58. The Labute approximate surface area is 89.4 Å². The summed E-state index contributed by atoms with van der Waals surface area (Å²) in [5.74, 6) is 2.64. The molecule has 0 unspecified atom stereocenters. The Hall–Kier alpha value is -0.900. The fourth-order valence-electron chi connectivity index (χ4n) is 2.24. The van der Waals surface area contributed by atoms with E-state index in [0.717, 1.165) is 30.9 Å². The second kappa shape index (κ2) is 3.30. The van der Waals surface area contributed by atoms with Crippen molar-refractivity contribution < 1.29 is 4.74 Å². The molecular formula is C11H17N3O. The largest absolute Gasteiger partial charge is 0.378 e. The first-order chi connectivity index (χ1) is 7.31. The Balaban J connectivity index is 1.70. The lowest BCUT2D eigenvalue weighted by Crippen LogP contribution is -2.41. The molecule has 2 aliphatic carbocycles. The van der Waals surface area contributed by atoms with Gasteiger partial charge in [-0.05, 0) is 32.1 Å². The van der Waals surface area contributed by atoms with Crippen molar-refractivity contribution in [1.29, 1.82) is 0 Å². The highest BCUT2D eigenvalue weighted by atomic mass is 16.5. The fourth-order valence-corrected chi connectivity index (χ4v) is 2.24. The minimum atomic E-state index is 0.0559. The summed E-state index contributed by atoms with van der Waals surface area (Å²) in [6.07, 6.45) is 6.99. The van der Waals surface area contributed by atoms with Crippen molar-refractivity contribution in [3.05, 3.63) is 11.6 Å². The van der Waals surface area contributed by atoms with E-state index in [1.807, 2.05) is 0 Å². The third-order valence-electron chi connectivity index (χ3n) is 3.68. The lowest BCUT2D eigenvalue weighted by Gasteiger charge is -2.39. The van der Waals surface area contributed by atoms with Gasteiger partial charge in [0, 0.05) is 19.4 Å². The van der Waals surface area contributed by atoms with E-state index in [1.54, 1.807) is 7.11 Å². The molecule has 4 heteroatoms. The van der Waals surface area contributed by atoms with E-state index < -0.39 is 0 Å². The molecule has 0 atom stereocenters. The molecule has 0 spiro atoms. The van der Waals surface area contributed by atoms with E-state index in [0.29, 0.717) is 5.92 Å². The highest BCUT2D eigenvalue weighted by molar-refractivity contribution is 5.07. The molecule has 0 aliphatic heterocycles. The Kier molecular flexibility index (Phi) is 2.06. The molecule has 0 bridgehead atoms. The highest BCUT2D eigenvalue weighted by Gasteiger charge is 2.38. The topological polar surface area (TPSA) is 50.8 Å². The van der Waals surface area contributed by atoms with Gasteiger partial charge in [0.15, 0.2) is 5.82 Å². The van der Waals surface area contributed by atoms with Crippen LogP contribution in [0.1, 0.15) is 49.7 Å². The second-order valence-electron chi connectivity index (χ2n) is 4.83. The van der Waals surface area contributed by atoms with Crippen molar-refractivity contribution >= 4 is 0 Å². The van der Waals surface area contributed by atoms with Gasteiger partial charge in [-0.3, -0.25) is 5.10 Å². The second-order valence-corrected chi connectivity index (χ2v) is 4.83. The highest BCUT2D eigenvalue weighted by Crippen LogP contribution is 2.39. The van der Waals surface area contributed by atoms with Crippen molar-refractivity contribution in [2.75, 3.05) is 7.11 Å². The standard InChI is InChI=1S/C11H17N3O/c1-15-11(5-2-6-11)7-9-12-10(14-13-9)8-3-4-8/h8H,2-7H2,1H3,(H,12,13,14). The fraction of sp³-hybridized carbons (Fsp3) is 0.818. The van der Waals surface area contributed by atoms with Crippen molar-refractivity contribution in [2.45, 2.75) is 50.0 Å². The van der Waals surface area contributed by atoms with Crippen molar-refractivity contribution in [3.63, 3.8) is 0 Å². The monoisotopic (exact) mass is 207 g/mol. The normalized spacial score (nSPS) is 23.8. The lowest BCUT2D eigenvalue weighted by atomic mass is 9.77. The van der Waals surface area contributed by atoms with Gasteiger partial charge >= 0.3 is 0 Å². The Bertz CT molecular complexity index is 347. The molecule has 3 rings (SSSR count). The Morgan fingerprint density at radius 3 is 2.80 bits per heavy atom. The number of rotatable bonds is 4. The average molecular weight is 207 g/mol. The van der Waals surface area contributed by atoms with Crippen LogP contribution in [0.3, 0.4) is 0 Å². The van der Waals surface area contributed by atoms with Crippen LogP contribution in [0.2, 0.25) is 0 Å². The smallest absolute Gasteiger partial charge is 0.153 e. The number of methoxy groups -OCH3 is 1. The maximum atomic E-state index is 5.58. The number of aromatic nitrogens is 3. The van der Waals surface area contributed by atoms with Crippen molar-refractivity contribution in [3.8, 4) is 0 Å². The summed E-state index contributed by atoms with van der Waals surface area (Å²) in [6, 6.07) is 0. The molecule has 1 aromatic rings. The van der Waals surface area contributed by atoms with Gasteiger partial charge in [0.05, 0.1) is 5.60 Å². The molecule has 2 fully saturated rings. The number of ether oxygens (including phenoxy) is 1. The quantitative estimate of drug-likeness (QED) is 0.819. The molecule has 1 heterocycles. The molecule has 1 N–H and O–H groups in total. The van der Waals surface area contributed by atoms with E-state index in [9.17, 15) is 0 Å². The number of nitrogens with zero attached hydrogens (tertiary/aromatic N) is 2. The van der Waals surface area contributed by atoms with Crippen molar-refractivity contribution in [2.24, 2.45) is 0 Å². The zero-order valence-corrected chi connectivity index (χ0v) is 9.12. The molecule has 2 saturated carbocycles. The van der Waals surface area contributed by atoms with Crippen LogP contribution in [-0.2, 0) is 11.2 Å². The predicted octanol–water partition coefficient (Wildman–Crippen LogP) is 1.79. The molecule has 0 amide bonds. The van der Waals surface area contributed by atoms with Gasteiger partial charge in [-0.25, -0.2) is 4.98 Å². The van der Waals surface area contributed by atoms with Gasteiger partial charge in [-0.15, -0.1) is 0 Å². The SMILES string of the molecule is COC1(Cc2nc(C3CC3)n[nH]2)CCC1. The van der Waals surface area contributed by atoms with Crippen LogP contribution in [0.5, 0.6) is 0 Å². The van der Waals surface area contributed by atoms with Crippen LogP contribution >= 0.6 is 0 Å². The van der Waals surface area contributed by atoms with Crippen LogP contribution in [0.4, 0.5) is 0 Å². The summed E-state index contributed by atoms with van der Waals surface area (Å²) in [4.78, 5) is 4.54. The molecule has 1 aromatic heterocycles. The van der Waals surface area contributed by atoms with Gasteiger partial charge in [-0.1, -0.05) is 0 Å². The first-order valence-corrected chi connectivity index (χ1v) is 5.78. The average Bonchev–Trinajstić information content (AvgIpc) is 2.94.